The average molecular weight is 215 g/mol. The first-order valence-corrected chi connectivity index (χ1v) is 4.50. The van der Waals surface area contributed by atoms with Crippen LogP contribution in [0.25, 0.3) is 0 Å². The molecular weight excluding hydrogens is 204 g/mol. The number of pyridine rings is 1. The van der Waals surface area contributed by atoms with Gasteiger partial charge in [0.05, 0.1) is 6.61 Å². The van der Waals surface area contributed by atoms with Gasteiger partial charge in [0.2, 0.25) is 0 Å². The number of hydrogen-bond acceptors (Lipinski definition) is 3. The molecule has 0 aromatic carbocycles. The van der Waals surface area contributed by atoms with Crippen LogP contribution in [-0.2, 0) is 15.5 Å². The number of nitrogens with zero attached hydrogens (tertiary/aromatic N) is 1. The van der Waals surface area contributed by atoms with E-state index in [0.29, 0.717) is 0 Å². The lowest BCUT2D eigenvalue weighted by Gasteiger charge is -2.14. The van der Waals surface area contributed by atoms with E-state index in [1.807, 2.05) is 0 Å². The summed E-state index contributed by atoms with van der Waals surface area (Å²) in [6.45, 7) is 1.67. The van der Waals surface area contributed by atoms with Crippen molar-refractivity contribution in [3.05, 3.63) is 30.1 Å². The van der Waals surface area contributed by atoms with E-state index in [0.717, 1.165) is 6.20 Å². The molecule has 1 rings (SSSR count). The number of carbonyl (C=O) groups excluding carboxylic acids is 1. The Balaban J connectivity index is 2.71. The molecule has 0 aliphatic carbocycles. The first kappa shape index (κ1) is 11.6. The molecule has 1 heterocycles. The van der Waals surface area contributed by atoms with E-state index in [9.17, 15) is 13.6 Å². The SMILES string of the molecule is CCOC(=O)CC(F)(F)c1cccnc1. The molecule has 0 saturated carbocycles. The monoisotopic (exact) mass is 215 g/mol. The number of halogens is 2. The summed E-state index contributed by atoms with van der Waals surface area (Å²) in [6, 6.07) is 2.63. The summed E-state index contributed by atoms with van der Waals surface area (Å²) in [5.41, 5.74) is -0.280. The Hall–Kier alpha value is -1.52. The highest BCUT2D eigenvalue weighted by molar-refractivity contribution is 5.70. The van der Waals surface area contributed by atoms with Gasteiger partial charge in [0.25, 0.3) is 5.92 Å². The van der Waals surface area contributed by atoms with Crippen molar-refractivity contribution in [2.24, 2.45) is 0 Å². The maximum absolute atomic E-state index is 13.4. The van der Waals surface area contributed by atoms with E-state index in [4.69, 9.17) is 0 Å². The van der Waals surface area contributed by atoms with Crippen LogP contribution in [0.15, 0.2) is 24.5 Å². The van der Waals surface area contributed by atoms with E-state index < -0.39 is 18.3 Å². The minimum absolute atomic E-state index is 0.0992. The molecule has 3 nitrogen and oxygen atoms in total. The number of carbonyl (C=O) groups is 1. The molecule has 0 saturated heterocycles. The molecule has 0 radical (unpaired) electrons. The zero-order valence-corrected chi connectivity index (χ0v) is 8.24. The average Bonchev–Trinajstić information content (AvgIpc) is 2.18. The number of ether oxygens (including phenoxy) is 1. The molecule has 1 aromatic rings. The van der Waals surface area contributed by atoms with E-state index in [2.05, 4.69) is 9.72 Å². The number of rotatable bonds is 4. The van der Waals surface area contributed by atoms with Gasteiger partial charge in [-0.1, -0.05) is 0 Å². The standard InChI is InChI=1S/C10H11F2NO2/c1-2-15-9(14)6-10(11,12)8-4-3-5-13-7-8/h3-5,7H,2,6H2,1H3. The molecule has 0 unspecified atom stereocenters. The lowest BCUT2D eigenvalue weighted by molar-refractivity contribution is -0.151. The molecule has 0 N–H and O–H groups in total. The first-order valence-electron chi connectivity index (χ1n) is 4.50. The maximum Gasteiger partial charge on any atom is 0.312 e. The van der Waals surface area contributed by atoms with E-state index >= 15 is 0 Å². The Bertz CT molecular complexity index is 327. The van der Waals surface area contributed by atoms with Gasteiger partial charge in [-0.25, -0.2) is 8.78 Å². The van der Waals surface area contributed by atoms with Crippen LogP contribution in [0.5, 0.6) is 0 Å². The summed E-state index contributed by atoms with van der Waals surface area (Å²) in [5, 5.41) is 0. The van der Waals surface area contributed by atoms with Crippen LogP contribution in [0.2, 0.25) is 0 Å². The minimum atomic E-state index is -3.22. The number of hydrogen-bond donors (Lipinski definition) is 0. The quantitative estimate of drug-likeness (QED) is 0.722. The van der Waals surface area contributed by atoms with Crippen LogP contribution in [-0.4, -0.2) is 17.6 Å². The van der Waals surface area contributed by atoms with Crippen molar-refractivity contribution < 1.29 is 18.3 Å². The van der Waals surface area contributed by atoms with Crippen LogP contribution in [0.1, 0.15) is 18.9 Å². The van der Waals surface area contributed by atoms with Crippen molar-refractivity contribution >= 4 is 5.97 Å². The normalized spacial score (nSPS) is 11.1. The smallest absolute Gasteiger partial charge is 0.312 e. The van der Waals surface area contributed by atoms with E-state index in [1.54, 1.807) is 6.92 Å². The van der Waals surface area contributed by atoms with Crippen molar-refractivity contribution in [1.82, 2.24) is 4.98 Å². The maximum atomic E-state index is 13.4. The van der Waals surface area contributed by atoms with E-state index in [1.165, 1.54) is 18.3 Å². The highest BCUT2D eigenvalue weighted by atomic mass is 19.3. The van der Waals surface area contributed by atoms with Crippen molar-refractivity contribution in [2.45, 2.75) is 19.3 Å². The second-order valence-electron chi connectivity index (χ2n) is 2.93. The third-order valence-corrected chi connectivity index (χ3v) is 1.76. The highest BCUT2D eigenvalue weighted by Gasteiger charge is 2.35. The van der Waals surface area contributed by atoms with Gasteiger partial charge in [0.1, 0.15) is 6.42 Å². The summed E-state index contributed by atoms with van der Waals surface area (Å²) < 4.78 is 31.2. The third-order valence-electron chi connectivity index (χ3n) is 1.76. The lowest BCUT2D eigenvalue weighted by atomic mass is 10.1. The number of alkyl halides is 2. The van der Waals surface area contributed by atoms with Gasteiger partial charge in [-0.05, 0) is 19.1 Å². The van der Waals surface area contributed by atoms with Crippen molar-refractivity contribution in [3.63, 3.8) is 0 Å². The van der Waals surface area contributed by atoms with Gasteiger partial charge in [0.15, 0.2) is 0 Å². The fourth-order valence-electron chi connectivity index (χ4n) is 1.07. The molecule has 0 atom stereocenters. The molecule has 0 amide bonds. The molecule has 0 fully saturated rings. The summed E-state index contributed by atoms with van der Waals surface area (Å²) in [4.78, 5) is 14.5. The zero-order valence-electron chi connectivity index (χ0n) is 8.24. The summed E-state index contributed by atoms with van der Waals surface area (Å²) in [6.07, 6.45) is 1.48. The van der Waals surface area contributed by atoms with Crippen molar-refractivity contribution in [1.29, 1.82) is 0 Å². The Morgan fingerprint density at radius 2 is 2.33 bits per heavy atom. The zero-order chi connectivity index (χ0) is 11.3. The van der Waals surface area contributed by atoms with Crippen LogP contribution < -0.4 is 0 Å². The Morgan fingerprint density at radius 3 is 2.87 bits per heavy atom. The summed E-state index contributed by atoms with van der Waals surface area (Å²) in [7, 11) is 0. The largest absolute Gasteiger partial charge is 0.466 e. The topological polar surface area (TPSA) is 39.2 Å². The van der Waals surface area contributed by atoms with Gasteiger partial charge >= 0.3 is 5.97 Å². The first-order chi connectivity index (χ1) is 7.06. The van der Waals surface area contributed by atoms with E-state index in [-0.39, 0.29) is 12.2 Å². The third kappa shape index (κ3) is 3.27. The van der Waals surface area contributed by atoms with Gasteiger partial charge in [0, 0.05) is 18.0 Å². The Morgan fingerprint density at radius 1 is 1.60 bits per heavy atom. The number of esters is 1. The van der Waals surface area contributed by atoms with Gasteiger partial charge in [-0.3, -0.25) is 9.78 Å². The van der Waals surface area contributed by atoms with Crippen LogP contribution in [0.4, 0.5) is 8.78 Å². The lowest BCUT2D eigenvalue weighted by Crippen LogP contribution is -2.20. The predicted molar refractivity (Wildman–Crippen MR) is 49.4 cm³/mol. The molecule has 82 valence electrons. The fraction of sp³-hybridized carbons (Fsp3) is 0.400. The number of aromatic nitrogens is 1. The van der Waals surface area contributed by atoms with Crippen molar-refractivity contribution in [2.75, 3.05) is 6.61 Å². The Labute approximate surface area is 86.1 Å². The second kappa shape index (κ2) is 4.82. The van der Waals surface area contributed by atoms with Crippen molar-refractivity contribution in [3.8, 4) is 0 Å². The highest BCUT2D eigenvalue weighted by Crippen LogP contribution is 2.31. The van der Waals surface area contributed by atoms with Gasteiger partial charge < -0.3 is 4.74 Å². The van der Waals surface area contributed by atoms with Gasteiger partial charge in [-0.2, -0.15) is 0 Å². The summed E-state index contributed by atoms with van der Waals surface area (Å²) in [5.74, 6) is -4.13. The second-order valence-corrected chi connectivity index (χ2v) is 2.93. The molecule has 0 spiro atoms. The Kier molecular flexibility index (Phi) is 3.71. The molecule has 0 aliphatic heterocycles. The molecular formula is C10H11F2NO2. The van der Waals surface area contributed by atoms with Gasteiger partial charge in [-0.15, -0.1) is 0 Å². The minimum Gasteiger partial charge on any atom is -0.466 e. The molecule has 1 aromatic heterocycles. The predicted octanol–water partition coefficient (Wildman–Crippen LogP) is 2.13. The van der Waals surface area contributed by atoms with Crippen LogP contribution in [0.3, 0.4) is 0 Å². The fourth-order valence-corrected chi connectivity index (χ4v) is 1.07. The molecule has 0 aliphatic rings. The molecule has 0 bridgehead atoms. The van der Waals surface area contributed by atoms with Crippen LogP contribution >= 0.6 is 0 Å². The van der Waals surface area contributed by atoms with Crippen LogP contribution in [0, 0.1) is 0 Å². The summed E-state index contributed by atoms with van der Waals surface area (Å²) >= 11 is 0. The molecule has 15 heavy (non-hydrogen) atoms. The molecule has 5 heteroatoms.